The van der Waals surface area contributed by atoms with E-state index in [2.05, 4.69) is 26.0 Å². The van der Waals surface area contributed by atoms with E-state index in [4.69, 9.17) is 4.74 Å². The van der Waals surface area contributed by atoms with Crippen LogP contribution in [0.3, 0.4) is 0 Å². The molecule has 2 unspecified atom stereocenters. The van der Waals surface area contributed by atoms with Gasteiger partial charge in [-0.3, -0.25) is 4.79 Å². The average Bonchev–Trinajstić information content (AvgIpc) is 2.24. The Hall–Kier alpha value is -0.170. The second kappa shape index (κ2) is 8.00. The summed E-state index contributed by atoms with van der Waals surface area (Å²) < 4.78 is 9.44. The summed E-state index contributed by atoms with van der Waals surface area (Å²) in [5.41, 5.74) is -0.834. The van der Waals surface area contributed by atoms with Crippen molar-refractivity contribution >= 4 is 21.9 Å². The Morgan fingerprint density at radius 1 is 1.56 bits per heavy atom. The molecule has 0 aliphatic rings. The highest BCUT2D eigenvalue weighted by Gasteiger charge is 2.21. The van der Waals surface area contributed by atoms with Gasteiger partial charge in [0.1, 0.15) is 4.83 Å². The van der Waals surface area contributed by atoms with Crippen molar-refractivity contribution in [1.29, 1.82) is 0 Å². The minimum atomic E-state index is -0.834. The van der Waals surface area contributed by atoms with Gasteiger partial charge in [0.25, 0.3) is 0 Å². The van der Waals surface area contributed by atoms with E-state index < -0.39 is 10.4 Å². The summed E-state index contributed by atoms with van der Waals surface area (Å²) in [5.74, 6) is -0.330. The molecule has 0 radical (unpaired) electrons. The third-order valence-electron chi connectivity index (χ3n) is 2.13. The zero-order chi connectivity index (χ0) is 12.6. The minimum absolute atomic E-state index is 0.330. The van der Waals surface area contributed by atoms with Gasteiger partial charge in [0.15, 0.2) is 0 Å². The molecule has 0 saturated carbocycles. The van der Waals surface area contributed by atoms with Crippen molar-refractivity contribution in [2.45, 2.75) is 23.8 Å². The highest BCUT2D eigenvalue weighted by molar-refractivity contribution is 9.10. The molecular weight excluding hydrogens is 278 g/mol. The number of hydrogen-bond acceptors (Lipinski definition) is 5. The molecule has 6 heteroatoms. The summed E-state index contributed by atoms with van der Waals surface area (Å²) in [5, 5.41) is 12.9. The first-order valence-corrected chi connectivity index (χ1v) is 5.98. The quantitative estimate of drug-likeness (QED) is 0.498. The van der Waals surface area contributed by atoms with E-state index in [0.29, 0.717) is 26.1 Å². The van der Waals surface area contributed by atoms with Crippen LogP contribution < -0.4 is 5.32 Å². The summed E-state index contributed by atoms with van der Waals surface area (Å²) in [6.07, 6.45) is 0.543. The molecule has 0 spiro atoms. The number of nitrogens with one attached hydrogen (secondary N) is 1. The van der Waals surface area contributed by atoms with Crippen LogP contribution in [0.25, 0.3) is 0 Å². The monoisotopic (exact) mass is 297 g/mol. The van der Waals surface area contributed by atoms with Crippen molar-refractivity contribution in [3.05, 3.63) is 0 Å². The van der Waals surface area contributed by atoms with Crippen LogP contribution in [0.1, 0.15) is 13.3 Å². The predicted octanol–water partition coefficient (Wildman–Crippen LogP) is 0.300. The predicted molar refractivity (Wildman–Crippen MR) is 64.7 cm³/mol. The number of alkyl halides is 1. The molecule has 0 amide bonds. The Labute approximate surface area is 105 Å². The molecule has 16 heavy (non-hydrogen) atoms. The lowest BCUT2D eigenvalue weighted by molar-refractivity contribution is -0.139. The van der Waals surface area contributed by atoms with Crippen molar-refractivity contribution in [1.82, 2.24) is 5.32 Å². The van der Waals surface area contributed by atoms with Crippen LogP contribution in [0.2, 0.25) is 0 Å². The largest absolute Gasteiger partial charge is 0.468 e. The Bertz CT molecular complexity index is 211. The Morgan fingerprint density at radius 2 is 2.19 bits per heavy atom. The van der Waals surface area contributed by atoms with Crippen LogP contribution >= 0.6 is 15.9 Å². The summed E-state index contributed by atoms with van der Waals surface area (Å²) >= 11 is 3.18. The van der Waals surface area contributed by atoms with Gasteiger partial charge in [0, 0.05) is 33.2 Å². The molecule has 0 aromatic heterocycles. The van der Waals surface area contributed by atoms with E-state index in [0.717, 1.165) is 0 Å². The summed E-state index contributed by atoms with van der Waals surface area (Å²) in [6.45, 7) is 3.04. The van der Waals surface area contributed by atoms with Gasteiger partial charge in [-0.2, -0.15) is 0 Å². The molecule has 0 saturated heterocycles. The number of esters is 1. The van der Waals surface area contributed by atoms with Crippen LogP contribution in [0.15, 0.2) is 0 Å². The molecular formula is C10H20BrNO4. The summed E-state index contributed by atoms with van der Waals surface area (Å²) in [6, 6.07) is 0. The van der Waals surface area contributed by atoms with Gasteiger partial charge < -0.3 is 19.9 Å². The fraction of sp³-hybridized carbons (Fsp3) is 0.900. The standard InChI is InChI=1S/C10H20BrNO4/c1-10(14,4-5-15-2)7-12-6-8(11)9(13)16-3/h8,12,14H,4-7H2,1-3H3. The van der Waals surface area contributed by atoms with E-state index in [-0.39, 0.29) is 5.97 Å². The normalized spacial score (nSPS) is 16.6. The number of aliphatic hydroxyl groups is 1. The maximum Gasteiger partial charge on any atom is 0.320 e. The molecule has 2 atom stereocenters. The van der Waals surface area contributed by atoms with Gasteiger partial charge in [-0.05, 0) is 6.92 Å². The second-order valence-corrected chi connectivity index (χ2v) is 4.97. The van der Waals surface area contributed by atoms with Crippen molar-refractivity contribution in [2.75, 3.05) is 33.9 Å². The second-order valence-electron chi connectivity index (χ2n) is 3.86. The molecule has 0 bridgehead atoms. The molecule has 5 nitrogen and oxygen atoms in total. The maximum absolute atomic E-state index is 11.0. The van der Waals surface area contributed by atoms with Gasteiger partial charge in [0.05, 0.1) is 12.7 Å². The highest BCUT2D eigenvalue weighted by Crippen LogP contribution is 2.08. The van der Waals surface area contributed by atoms with Crippen LogP contribution in [0, 0.1) is 0 Å². The van der Waals surface area contributed by atoms with Crippen molar-refractivity contribution in [3.8, 4) is 0 Å². The van der Waals surface area contributed by atoms with Crippen molar-refractivity contribution < 1.29 is 19.4 Å². The first kappa shape index (κ1) is 15.8. The van der Waals surface area contributed by atoms with Crippen LogP contribution in [0.4, 0.5) is 0 Å². The van der Waals surface area contributed by atoms with Gasteiger partial charge in [-0.1, -0.05) is 15.9 Å². The topological polar surface area (TPSA) is 67.8 Å². The first-order valence-electron chi connectivity index (χ1n) is 5.07. The molecule has 2 N–H and O–H groups in total. The molecule has 0 fully saturated rings. The summed E-state index contributed by atoms with van der Waals surface area (Å²) in [7, 11) is 2.93. The Morgan fingerprint density at radius 3 is 2.69 bits per heavy atom. The Balaban J connectivity index is 3.75. The molecule has 0 aromatic rings. The SMILES string of the molecule is COCCC(C)(O)CNCC(Br)C(=O)OC. The molecule has 0 aliphatic heterocycles. The fourth-order valence-corrected chi connectivity index (χ4v) is 1.51. The zero-order valence-corrected chi connectivity index (χ0v) is 11.5. The van der Waals surface area contributed by atoms with Crippen LogP contribution in [-0.2, 0) is 14.3 Å². The van der Waals surface area contributed by atoms with E-state index in [9.17, 15) is 9.90 Å². The number of carbonyl (C=O) groups excluding carboxylic acids is 1. The first-order chi connectivity index (χ1) is 7.43. The third-order valence-corrected chi connectivity index (χ3v) is 2.83. The molecule has 0 heterocycles. The summed E-state index contributed by atoms with van der Waals surface area (Å²) in [4.78, 5) is 10.7. The highest BCUT2D eigenvalue weighted by atomic mass is 79.9. The zero-order valence-electron chi connectivity index (χ0n) is 9.96. The van der Waals surface area contributed by atoms with Gasteiger partial charge >= 0.3 is 5.97 Å². The lowest BCUT2D eigenvalue weighted by Crippen LogP contribution is -2.41. The van der Waals surface area contributed by atoms with E-state index >= 15 is 0 Å². The molecule has 0 rings (SSSR count). The Kier molecular flexibility index (Phi) is 7.91. The number of methoxy groups -OCH3 is 2. The number of carbonyl (C=O) groups is 1. The lowest BCUT2D eigenvalue weighted by atomic mass is 10.0. The number of ether oxygens (including phenoxy) is 2. The minimum Gasteiger partial charge on any atom is -0.468 e. The van der Waals surface area contributed by atoms with E-state index in [1.54, 1.807) is 14.0 Å². The number of halogens is 1. The molecule has 96 valence electrons. The van der Waals surface area contributed by atoms with Crippen LogP contribution in [0.5, 0.6) is 0 Å². The molecule has 0 aliphatic carbocycles. The average molecular weight is 298 g/mol. The van der Waals surface area contributed by atoms with E-state index in [1.165, 1.54) is 7.11 Å². The maximum atomic E-state index is 11.0. The van der Waals surface area contributed by atoms with Crippen molar-refractivity contribution in [2.24, 2.45) is 0 Å². The number of hydrogen-bond donors (Lipinski definition) is 2. The van der Waals surface area contributed by atoms with Gasteiger partial charge in [-0.15, -0.1) is 0 Å². The lowest BCUT2D eigenvalue weighted by Gasteiger charge is -2.23. The number of rotatable bonds is 8. The van der Waals surface area contributed by atoms with Crippen molar-refractivity contribution in [3.63, 3.8) is 0 Å². The third kappa shape index (κ3) is 7.16. The van der Waals surface area contributed by atoms with Gasteiger partial charge in [0.2, 0.25) is 0 Å². The molecule has 0 aromatic carbocycles. The van der Waals surface area contributed by atoms with Crippen LogP contribution in [-0.4, -0.2) is 55.4 Å². The smallest absolute Gasteiger partial charge is 0.320 e. The fourth-order valence-electron chi connectivity index (χ4n) is 1.09. The van der Waals surface area contributed by atoms with E-state index in [1.807, 2.05) is 0 Å². The van der Waals surface area contributed by atoms with Gasteiger partial charge in [-0.25, -0.2) is 0 Å².